The van der Waals surface area contributed by atoms with Crippen LogP contribution in [0.1, 0.15) is 26.3 Å². The third-order valence-corrected chi connectivity index (χ3v) is 6.93. The fourth-order valence-electron chi connectivity index (χ4n) is 3.45. The second kappa shape index (κ2) is 10.2. The number of benzene rings is 2. The van der Waals surface area contributed by atoms with Gasteiger partial charge < -0.3 is 15.5 Å². The first kappa shape index (κ1) is 25.0. The number of amides is 1. The molecule has 0 spiro atoms. The lowest BCUT2D eigenvalue weighted by atomic mass is 10.1. The van der Waals surface area contributed by atoms with Crippen molar-refractivity contribution in [3.05, 3.63) is 59.9 Å². The lowest BCUT2D eigenvalue weighted by Gasteiger charge is -2.22. The number of aromatic nitrogens is 3. The van der Waals surface area contributed by atoms with E-state index in [1.807, 2.05) is 42.5 Å². The fraction of sp³-hybridized carbons (Fsp3) is 0.320. The lowest BCUT2D eigenvalue weighted by molar-refractivity contribution is -0.119. The van der Waals surface area contributed by atoms with Gasteiger partial charge in [-0.25, -0.2) is 9.37 Å². The Balaban J connectivity index is 1.50. The van der Waals surface area contributed by atoms with Crippen LogP contribution in [0.5, 0.6) is 0 Å². The molecule has 4 rings (SSSR count). The van der Waals surface area contributed by atoms with Crippen LogP contribution in [0.25, 0.3) is 16.2 Å². The molecule has 0 saturated carbocycles. The van der Waals surface area contributed by atoms with E-state index >= 15 is 0 Å². The average Bonchev–Trinajstić information content (AvgIpc) is 3.37. The zero-order valence-electron chi connectivity index (χ0n) is 20.4. The molecule has 0 aliphatic heterocycles. The molecule has 2 N–H and O–H groups in total. The van der Waals surface area contributed by atoms with E-state index in [9.17, 15) is 9.18 Å². The van der Waals surface area contributed by atoms with Crippen molar-refractivity contribution in [3.63, 3.8) is 0 Å². The molecule has 2 heterocycles. The molecule has 0 saturated heterocycles. The van der Waals surface area contributed by atoms with E-state index in [2.05, 4.69) is 31.4 Å². The number of likely N-dealkylation sites (N-methyl/N-ethyl adjacent to an activating group) is 1. The minimum atomic E-state index is -0.294. The highest BCUT2D eigenvalue weighted by Crippen LogP contribution is 2.34. The zero-order chi connectivity index (χ0) is 25.2. The first-order valence-electron chi connectivity index (χ1n) is 11.2. The molecule has 2 aromatic heterocycles. The van der Waals surface area contributed by atoms with Crippen LogP contribution in [0.3, 0.4) is 0 Å². The quantitative estimate of drug-likeness (QED) is 0.313. The van der Waals surface area contributed by atoms with Crippen LogP contribution in [-0.4, -0.2) is 45.9 Å². The van der Waals surface area contributed by atoms with E-state index in [1.165, 1.54) is 28.4 Å². The van der Waals surface area contributed by atoms with Gasteiger partial charge in [-0.15, -0.1) is 16.9 Å². The number of anilines is 2. The molecule has 0 aliphatic carbocycles. The SMILES string of the molecule is CSc1ccc(CNC(=O)CN(C)c2nn3c(NC(C)(C)C)c(-c4ccc(F)cc4)nc3s2)cc1. The third-order valence-electron chi connectivity index (χ3n) is 5.16. The number of carbonyl (C=O) groups is 1. The van der Waals surface area contributed by atoms with Gasteiger partial charge in [0.1, 0.15) is 11.5 Å². The maximum Gasteiger partial charge on any atom is 0.239 e. The van der Waals surface area contributed by atoms with E-state index in [-0.39, 0.29) is 23.8 Å². The number of nitrogens with zero attached hydrogens (tertiary/aromatic N) is 4. The van der Waals surface area contributed by atoms with Crippen LogP contribution in [0.4, 0.5) is 15.3 Å². The first-order chi connectivity index (χ1) is 16.6. The Kier molecular flexibility index (Phi) is 7.32. The largest absolute Gasteiger partial charge is 0.364 e. The van der Waals surface area contributed by atoms with Crippen LogP contribution in [0.15, 0.2) is 53.4 Å². The van der Waals surface area contributed by atoms with Gasteiger partial charge in [0.05, 0.1) is 6.54 Å². The van der Waals surface area contributed by atoms with Crippen LogP contribution in [-0.2, 0) is 11.3 Å². The summed E-state index contributed by atoms with van der Waals surface area (Å²) in [5, 5.41) is 11.8. The number of fused-ring (bicyclic) bond motifs is 1. The molecule has 0 bridgehead atoms. The number of imidazole rings is 1. The second-order valence-corrected chi connectivity index (χ2v) is 11.1. The molecular weight excluding hydrogens is 483 g/mol. The maximum absolute atomic E-state index is 13.5. The molecule has 0 atom stereocenters. The minimum absolute atomic E-state index is 0.0886. The van der Waals surface area contributed by atoms with Crippen LogP contribution < -0.4 is 15.5 Å². The monoisotopic (exact) mass is 512 g/mol. The molecule has 0 unspecified atom stereocenters. The fourth-order valence-corrected chi connectivity index (χ4v) is 4.72. The molecule has 184 valence electrons. The summed E-state index contributed by atoms with van der Waals surface area (Å²) < 4.78 is 15.2. The van der Waals surface area contributed by atoms with Gasteiger partial charge in [-0.2, -0.15) is 4.52 Å². The molecule has 0 radical (unpaired) electrons. The number of nitrogens with one attached hydrogen (secondary N) is 2. The van der Waals surface area contributed by atoms with Gasteiger partial charge in [-0.1, -0.05) is 23.5 Å². The number of rotatable bonds is 8. The van der Waals surface area contributed by atoms with Gasteiger partial charge in [0.15, 0.2) is 5.82 Å². The highest BCUT2D eigenvalue weighted by atomic mass is 32.2. The minimum Gasteiger partial charge on any atom is -0.364 e. The van der Waals surface area contributed by atoms with Crippen molar-refractivity contribution in [2.75, 3.05) is 30.1 Å². The normalized spacial score (nSPS) is 11.6. The molecule has 35 heavy (non-hydrogen) atoms. The highest BCUT2D eigenvalue weighted by Gasteiger charge is 2.23. The molecule has 1 amide bonds. The van der Waals surface area contributed by atoms with E-state index < -0.39 is 0 Å². The zero-order valence-corrected chi connectivity index (χ0v) is 22.1. The van der Waals surface area contributed by atoms with Crippen molar-refractivity contribution < 1.29 is 9.18 Å². The van der Waals surface area contributed by atoms with Crippen molar-refractivity contribution in [3.8, 4) is 11.3 Å². The molecule has 10 heteroatoms. The van der Waals surface area contributed by atoms with Gasteiger partial charge in [0, 0.05) is 29.6 Å². The Morgan fingerprint density at radius 3 is 2.46 bits per heavy atom. The van der Waals surface area contributed by atoms with E-state index in [1.54, 1.807) is 28.4 Å². The molecule has 4 aromatic rings. The van der Waals surface area contributed by atoms with Crippen molar-refractivity contribution in [1.29, 1.82) is 0 Å². The van der Waals surface area contributed by atoms with Crippen molar-refractivity contribution in [1.82, 2.24) is 19.9 Å². The van der Waals surface area contributed by atoms with Crippen LogP contribution in [0.2, 0.25) is 0 Å². The third kappa shape index (κ3) is 6.12. The van der Waals surface area contributed by atoms with Gasteiger partial charge >= 0.3 is 0 Å². The van der Waals surface area contributed by atoms with Crippen molar-refractivity contribution >= 4 is 44.9 Å². The van der Waals surface area contributed by atoms with Crippen LogP contribution in [0, 0.1) is 5.82 Å². The molecule has 0 fully saturated rings. The summed E-state index contributed by atoms with van der Waals surface area (Å²) in [6, 6.07) is 14.4. The number of hydrogen-bond donors (Lipinski definition) is 2. The summed E-state index contributed by atoms with van der Waals surface area (Å²) in [5.74, 6) is 0.347. The first-order valence-corrected chi connectivity index (χ1v) is 13.2. The summed E-state index contributed by atoms with van der Waals surface area (Å²) in [5.41, 5.74) is 2.32. The van der Waals surface area contributed by atoms with E-state index in [0.717, 1.165) is 16.9 Å². The topological polar surface area (TPSA) is 74.6 Å². The van der Waals surface area contributed by atoms with Gasteiger partial charge in [0.2, 0.25) is 16.0 Å². The summed E-state index contributed by atoms with van der Waals surface area (Å²) in [4.78, 5) is 21.0. The Hall–Kier alpha value is -3.11. The second-order valence-electron chi connectivity index (χ2n) is 9.25. The average molecular weight is 513 g/mol. The number of carbonyl (C=O) groups excluding carboxylic acids is 1. The maximum atomic E-state index is 13.5. The number of halogens is 1. The van der Waals surface area contributed by atoms with Gasteiger partial charge in [-0.3, -0.25) is 4.79 Å². The summed E-state index contributed by atoms with van der Waals surface area (Å²) in [6.45, 7) is 6.81. The highest BCUT2D eigenvalue weighted by molar-refractivity contribution is 7.98. The number of hydrogen-bond acceptors (Lipinski definition) is 7. The molecule has 7 nitrogen and oxygen atoms in total. The molecular formula is C25H29FN6OS2. The van der Waals surface area contributed by atoms with Gasteiger partial charge in [0.25, 0.3) is 0 Å². The predicted octanol–water partition coefficient (Wildman–Crippen LogP) is 5.28. The van der Waals surface area contributed by atoms with E-state index in [0.29, 0.717) is 22.3 Å². The lowest BCUT2D eigenvalue weighted by Crippen LogP contribution is -2.34. The smallest absolute Gasteiger partial charge is 0.239 e. The number of thioether (sulfide) groups is 1. The summed E-state index contributed by atoms with van der Waals surface area (Å²) in [6.07, 6.45) is 2.04. The Morgan fingerprint density at radius 1 is 1.14 bits per heavy atom. The molecule has 0 aliphatic rings. The predicted molar refractivity (Wildman–Crippen MR) is 143 cm³/mol. The van der Waals surface area contributed by atoms with Crippen LogP contribution >= 0.6 is 23.1 Å². The molecule has 2 aromatic carbocycles. The summed E-state index contributed by atoms with van der Waals surface area (Å²) in [7, 11) is 1.84. The van der Waals surface area contributed by atoms with Crippen molar-refractivity contribution in [2.24, 2.45) is 0 Å². The van der Waals surface area contributed by atoms with Crippen molar-refractivity contribution in [2.45, 2.75) is 37.8 Å². The Labute approximate surface area is 212 Å². The Bertz CT molecular complexity index is 1310. The summed E-state index contributed by atoms with van der Waals surface area (Å²) >= 11 is 3.08. The van der Waals surface area contributed by atoms with E-state index in [4.69, 9.17) is 10.1 Å². The Morgan fingerprint density at radius 2 is 1.83 bits per heavy atom. The van der Waals surface area contributed by atoms with Gasteiger partial charge in [-0.05, 0) is 69.0 Å². The standard InChI is InChI=1S/C25H29FN6OS2/c1-25(2,3)29-22-21(17-8-10-18(26)11-9-17)28-23-32(22)30-24(35-23)31(4)15-20(33)27-14-16-6-12-19(34-5)13-7-16/h6-13,29H,14-15H2,1-5H3,(H,27,33).